The van der Waals surface area contributed by atoms with Crippen molar-refractivity contribution in [3.05, 3.63) is 58.6 Å². The molecule has 1 nitrogen and oxygen atoms in total. The molecule has 5 heteroatoms. The van der Waals surface area contributed by atoms with Crippen molar-refractivity contribution in [3.8, 4) is 0 Å². The van der Waals surface area contributed by atoms with Crippen molar-refractivity contribution in [2.24, 2.45) is 0 Å². The lowest BCUT2D eigenvalue weighted by Crippen LogP contribution is -1.91. The van der Waals surface area contributed by atoms with Crippen molar-refractivity contribution in [2.45, 2.75) is 10.6 Å². The number of benzene rings is 2. The molecule has 0 fully saturated rings. The first-order valence-corrected chi connectivity index (χ1v) is 6.54. The summed E-state index contributed by atoms with van der Waals surface area (Å²) >= 11 is 7.35. The number of halogens is 3. The van der Waals surface area contributed by atoms with E-state index in [1.54, 1.807) is 12.1 Å². The van der Waals surface area contributed by atoms with Crippen molar-refractivity contribution in [3.63, 3.8) is 0 Å². The van der Waals surface area contributed by atoms with Gasteiger partial charge in [0.15, 0.2) is 0 Å². The predicted molar refractivity (Wildman–Crippen MR) is 71.8 cm³/mol. The summed E-state index contributed by atoms with van der Waals surface area (Å²) in [6.45, 7) is 0. The number of anilines is 1. The molecule has 0 aliphatic rings. The fourth-order valence-corrected chi connectivity index (χ4v) is 2.71. The first-order valence-electron chi connectivity index (χ1n) is 5.18. The summed E-state index contributed by atoms with van der Waals surface area (Å²) in [7, 11) is 0. The lowest BCUT2D eigenvalue weighted by Gasteiger charge is -2.07. The Morgan fingerprint density at radius 1 is 1.06 bits per heavy atom. The van der Waals surface area contributed by atoms with E-state index in [4.69, 9.17) is 17.3 Å². The molecule has 0 atom stereocenters. The van der Waals surface area contributed by atoms with Crippen molar-refractivity contribution < 1.29 is 8.78 Å². The summed E-state index contributed by atoms with van der Waals surface area (Å²) in [4.78, 5) is 0.775. The van der Waals surface area contributed by atoms with Gasteiger partial charge in [-0.25, -0.2) is 8.78 Å². The second kappa shape index (κ2) is 5.59. The third kappa shape index (κ3) is 3.15. The molecule has 2 N–H and O–H groups in total. The number of hydrogen-bond acceptors (Lipinski definition) is 2. The fraction of sp³-hybridized carbons (Fsp3) is 0.0769. The van der Waals surface area contributed by atoms with Gasteiger partial charge in [-0.15, -0.1) is 11.8 Å². The summed E-state index contributed by atoms with van der Waals surface area (Å²) < 4.78 is 25.7. The van der Waals surface area contributed by atoms with Gasteiger partial charge in [0.25, 0.3) is 0 Å². The van der Waals surface area contributed by atoms with Gasteiger partial charge in [-0.1, -0.05) is 17.7 Å². The highest BCUT2D eigenvalue weighted by molar-refractivity contribution is 7.98. The molecule has 0 heterocycles. The minimum atomic E-state index is -0.366. The number of thioether (sulfide) groups is 1. The number of nitrogens with two attached hydrogens (primary N) is 1. The van der Waals surface area contributed by atoms with E-state index in [0.29, 0.717) is 16.5 Å². The van der Waals surface area contributed by atoms with Crippen LogP contribution in [0, 0.1) is 11.6 Å². The van der Waals surface area contributed by atoms with Gasteiger partial charge >= 0.3 is 0 Å². The van der Waals surface area contributed by atoms with Gasteiger partial charge in [0.1, 0.15) is 11.6 Å². The van der Waals surface area contributed by atoms with Crippen molar-refractivity contribution >= 4 is 29.1 Å². The monoisotopic (exact) mass is 285 g/mol. The van der Waals surface area contributed by atoms with Crippen LogP contribution in [0.1, 0.15) is 5.56 Å². The normalized spacial score (nSPS) is 10.6. The van der Waals surface area contributed by atoms with Crippen LogP contribution >= 0.6 is 23.4 Å². The van der Waals surface area contributed by atoms with Gasteiger partial charge in [0.2, 0.25) is 0 Å². The van der Waals surface area contributed by atoms with E-state index in [1.165, 1.54) is 36.0 Å². The molecule has 2 rings (SSSR count). The zero-order valence-corrected chi connectivity index (χ0v) is 10.9. The summed E-state index contributed by atoms with van der Waals surface area (Å²) in [5.74, 6) is -0.179. The van der Waals surface area contributed by atoms with E-state index < -0.39 is 0 Å². The molecule has 0 aromatic heterocycles. The highest BCUT2D eigenvalue weighted by atomic mass is 35.5. The Labute approximate surface area is 113 Å². The maximum Gasteiger partial charge on any atom is 0.125 e. The Bertz CT molecular complexity index is 523. The molecular weight excluding hydrogens is 276 g/mol. The third-order valence-corrected chi connectivity index (χ3v) is 3.86. The molecule has 94 valence electrons. The van der Waals surface area contributed by atoms with Crippen LogP contribution in [0.5, 0.6) is 0 Å². The first kappa shape index (κ1) is 13.2. The van der Waals surface area contributed by atoms with Crippen LogP contribution in [0.2, 0.25) is 5.02 Å². The SMILES string of the molecule is Nc1cc(F)ccc1SCc1ccc(F)cc1Cl. The topological polar surface area (TPSA) is 26.0 Å². The van der Waals surface area contributed by atoms with E-state index in [0.717, 1.165) is 10.5 Å². The summed E-state index contributed by atoms with van der Waals surface area (Å²) in [5, 5.41) is 0.378. The molecule has 0 amide bonds. The maximum absolute atomic E-state index is 12.9. The molecular formula is C13H10ClF2NS. The van der Waals surface area contributed by atoms with Gasteiger partial charge in [0, 0.05) is 21.4 Å². The molecule has 0 aliphatic heterocycles. The van der Waals surface area contributed by atoms with Gasteiger partial charge in [-0.3, -0.25) is 0 Å². The van der Waals surface area contributed by atoms with E-state index in [2.05, 4.69) is 0 Å². The van der Waals surface area contributed by atoms with Crippen LogP contribution in [-0.4, -0.2) is 0 Å². The van der Waals surface area contributed by atoms with Crippen LogP contribution < -0.4 is 5.73 Å². The average molecular weight is 286 g/mol. The average Bonchev–Trinajstić information content (AvgIpc) is 2.30. The number of rotatable bonds is 3. The molecule has 2 aromatic rings. The maximum atomic E-state index is 12.9. The Kier molecular flexibility index (Phi) is 4.09. The van der Waals surface area contributed by atoms with Crippen LogP contribution in [0.4, 0.5) is 14.5 Å². The Morgan fingerprint density at radius 2 is 1.72 bits per heavy atom. The minimum absolute atomic E-state index is 0.364. The quantitative estimate of drug-likeness (QED) is 0.664. The van der Waals surface area contributed by atoms with Gasteiger partial charge in [-0.05, 0) is 35.9 Å². The largest absolute Gasteiger partial charge is 0.398 e. The van der Waals surface area contributed by atoms with E-state index in [-0.39, 0.29) is 11.6 Å². The second-order valence-corrected chi connectivity index (χ2v) is 5.13. The zero-order valence-electron chi connectivity index (χ0n) is 9.29. The third-order valence-electron chi connectivity index (χ3n) is 2.37. The fourth-order valence-electron chi connectivity index (χ4n) is 1.45. The van der Waals surface area contributed by atoms with Crippen LogP contribution in [0.25, 0.3) is 0 Å². The molecule has 0 saturated carbocycles. The predicted octanol–water partition coefficient (Wildman–Crippen LogP) is 4.49. The van der Waals surface area contributed by atoms with E-state index in [9.17, 15) is 8.78 Å². The Hall–Kier alpha value is -1.26. The molecule has 0 bridgehead atoms. The Balaban J connectivity index is 2.11. The molecule has 0 unspecified atom stereocenters. The second-order valence-electron chi connectivity index (χ2n) is 3.71. The number of hydrogen-bond donors (Lipinski definition) is 1. The minimum Gasteiger partial charge on any atom is -0.398 e. The number of nitrogen functional groups attached to an aromatic ring is 1. The van der Waals surface area contributed by atoms with Crippen LogP contribution in [-0.2, 0) is 5.75 Å². The zero-order chi connectivity index (χ0) is 13.1. The molecule has 0 spiro atoms. The standard InChI is InChI=1S/C13H10ClF2NS/c14-11-5-9(15)2-1-8(11)7-18-13-4-3-10(16)6-12(13)17/h1-6H,7,17H2. The molecule has 18 heavy (non-hydrogen) atoms. The van der Waals surface area contributed by atoms with E-state index in [1.807, 2.05) is 0 Å². The highest BCUT2D eigenvalue weighted by Gasteiger charge is 2.05. The van der Waals surface area contributed by atoms with E-state index >= 15 is 0 Å². The molecule has 0 radical (unpaired) electrons. The van der Waals surface area contributed by atoms with Gasteiger partial charge < -0.3 is 5.73 Å². The summed E-state index contributed by atoms with van der Waals surface area (Å²) in [6, 6.07) is 8.50. The molecule has 2 aromatic carbocycles. The van der Waals surface area contributed by atoms with Gasteiger partial charge in [0.05, 0.1) is 0 Å². The van der Waals surface area contributed by atoms with Crippen LogP contribution in [0.15, 0.2) is 41.3 Å². The van der Waals surface area contributed by atoms with Crippen molar-refractivity contribution in [1.82, 2.24) is 0 Å². The molecule has 0 saturated heterocycles. The smallest absolute Gasteiger partial charge is 0.125 e. The first-order chi connectivity index (χ1) is 8.56. The Morgan fingerprint density at radius 3 is 2.39 bits per heavy atom. The van der Waals surface area contributed by atoms with Crippen molar-refractivity contribution in [2.75, 3.05) is 5.73 Å². The lowest BCUT2D eigenvalue weighted by atomic mass is 10.2. The summed E-state index contributed by atoms with van der Waals surface area (Å²) in [6.07, 6.45) is 0. The van der Waals surface area contributed by atoms with Crippen LogP contribution in [0.3, 0.4) is 0 Å². The van der Waals surface area contributed by atoms with Gasteiger partial charge in [-0.2, -0.15) is 0 Å². The summed E-state index contributed by atoms with van der Waals surface area (Å²) in [5.41, 5.74) is 6.89. The molecule has 0 aliphatic carbocycles. The highest BCUT2D eigenvalue weighted by Crippen LogP contribution is 2.31. The van der Waals surface area contributed by atoms with Crippen molar-refractivity contribution in [1.29, 1.82) is 0 Å². The lowest BCUT2D eigenvalue weighted by molar-refractivity contribution is 0.627.